The maximum atomic E-state index is 9.36. The van der Waals surface area contributed by atoms with Gasteiger partial charge >= 0.3 is 0 Å². The van der Waals surface area contributed by atoms with Crippen LogP contribution in [0.25, 0.3) is 0 Å². The second-order valence-electron chi connectivity index (χ2n) is 5.38. The van der Waals surface area contributed by atoms with Gasteiger partial charge in [0.05, 0.1) is 11.3 Å². The number of para-hydroxylation sites is 1. The van der Waals surface area contributed by atoms with Crippen LogP contribution >= 0.6 is 0 Å². The molecule has 0 saturated carbocycles. The van der Waals surface area contributed by atoms with Crippen molar-refractivity contribution in [2.24, 2.45) is 0 Å². The van der Waals surface area contributed by atoms with E-state index in [-0.39, 0.29) is 0 Å². The summed E-state index contributed by atoms with van der Waals surface area (Å²) in [6, 6.07) is 17.0. The number of benzene rings is 2. The van der Waals surface area contributed by atoms with Crippen LogP contribution in [-0.4, -0.2) is 6.54 Å². The number of hydrogen-bond donors (Lipinski definition) is 0. The lowest BCUT2D eigenvalue weighted by Crippen LogP contribution is -2.24. The van der Waals surface area contributed by atoms with E-state index in [4.69, 9.17) is 0 Å². The van der Waals surface area contributed by atoms with Crippen molar-refractivity contribution in [2.75, 3.05) is 11.4 Å². The van der Waals surface area contributed by atoms with Crippen molar-refractivity contribution in [3.05, 3.63) is 64.7 Å². The third kappa shape index (κ3) is 2.28. The molecule has 1 aliphatic heterocycles. The van der Waals surface area contributed by atoms with Gasteiger partial charge in [-0.25, -0.2) is 0 Å². The third-order valence-corrected chi connectivity index (χ3v) is 4.03. The lowest BCUT2D eigenvalue weighted by Gasteiger charge is -2.26. The number of fused-ring (bicyclic) bond motifs is 1. The standard InChI is InChI=1S/C18H18N2/c1-14-6-4-9-16(12-19)18(14)20-11-5-10-15-7-2-3-8-17(15)13-20/h2-4,6-9H,5,10-11,13H2,1H3. The predicted octanol–water partition coefficient (Wildman–Crippen LogP) is 3.82. The first-order chi connectivity index (χ1) is 9.79. The third-order valence-electron chi connectivity index (χ3n) is 4.03. The summed E-state index contributed by atoms with van der Waals surface area (Å²) in [6.07, 6.45) is 2.26. The molecule has 0 fully saturated rings. The Morgan fingerprint density at radius 2 is 1.85 bits per heavy atom. The maximum absolute atomic E-state index is 9.36. The zero-order chi connectivity index (χ0) is 13.9. The molecule has 0 saturated heterocycles. The quantitative estimate of drug-likeness (QED) is 0.781. The number of rotatable bonds is 1. The van der Waals surface area contributed by atoms with Gasteiger partial charge in [-0.05, 0) is 42.5 Å². The summed E-state index contributed by atoms with van der Waals surface area (Å²) in [5.41, 5.74) is 5.90. The van der Waals surface area contributed by atoms with Crippen LogP contribution in [-0.2, 0) is 13.0 Å². The van der Waals surface area contributed by atoms with E-state index in [1.54, 1.807) is 0 Å². The molecule has 1 heterocycles. The molecule has 3 rings (SSSR count). The average molecular weight is 262 g/mol. The van der Waals surface area contributed by atoms with Gasteiger partial charge in [0.25, 0.3) is 0 Å². The predicted molar refractivity (Wildman–Crippen MR) is 81.7 cm³/mol. The fourth-order valence-electron chi connectivity index (χ4n) is 3.06. The van der Waals surface area contributed by atoms with Crippen LogP contribution in [0.5, 0.6) is 0 Å². The SMILES string of the molecule is Cc1cccc(C#N)c1N1CCCc2ccccc2C1. The largest absolute Gasteiger partial charge is 0.366 e. The summed E-state index contributed by atoms with van der Waals surface area (Å²) < 4.78 is 0. The molecule has 0 bridgehead atoms. The summed E-state index contributed by atoms with van der Waals surface area (Å²) in [5.74, 6) is 0. The number of nitrogens with zero attached hydrogens (tertiary/aromatic N) is 2. The van der Waals surface area contributed by atoms with Crippen molar-refractivity contribution in [3.63, 3.8) is 0 Å². The van der Waals surface area contributed by atoms with Gasteiger partial charge in [0, 0.05) is 13.1 Å². The highest BCUT2D eigenvalue weighted by Gasteiger charge is 2.18. The highest BCUT2D eigenvalue weighted by atomic mass is 15.1. The Labute approximate surface area is 120 Å². The Hall–Kier alpha value is -2.27. The molecule has 100 valence electrons. The Morgan fingerprint density at radius 3 is 2.65 bits per heavy atom. The van der Waals surface area contributed by atoms with Crippen LogP contribution in [0.2, 0.25) is 0 Å². The summed E-state index contributed by atoms with van der Waals surface area (Å²) >= 11 is 0. The van der Waals surface area contributed by atoms with Gasteiger partial charge in [0.15, 0.2) is 0 Å². The molecule has 0 unspecified atom stereocenters. The van der Waals surface area contributed by atoms with Crippen molar-refractivity contribution in [1.29, 1.82) is 5.26 Å². The minimum absolute atomic E-state index is 0.782. The summed E-state index contributed by atoms with van der Waals surface area (Å²) in [7, 11) is 0. The molecule has 20 heavy (non-hydrogen) atoms. The number of anilines is 1. The zero-order valence-corrected chi connectivity index (χ0v) is 11.8. The molecule has 0 spiro atoms. The lowest BCUT2D eigenvalue weighted by atomic mass is 10.0. The van der Waals surface area contributed by atoms with E-state index < -0.39 is 0 Å². The molecule has 2 nitrogen and oxygen atoms in total. The highest BCUT2D eigenvalue weighted by molar-refractivity contribution is 5.64. The number of nitriles is 1. The molecular formula is C18H18N2. The van der Waals surface area contributed by atoms with Crippen LogP contribution < -0.4 is 4.90 Å². The Bertz CT molecular complexity index is 667. The molecule has 2 aromatic carbocycles. The first-order valence-electron chi connectivity index (χ1n) is 7.11. The molecule has 0 aliphatic carbocycles. The van der Waals surface area contributed by atoms with Gasteiger partial charge < -0.3 is 4.90 Å². The summed E-state index contributed by atoms with van der Waals surface area (Å²) in [4.78, 5) is 2.36. The van der Waals surface area contributed by atoms with E-state index in [1.807, 2.05) is 12.1 Å². The molecule has 2 aromatic rings. The van der Waals surface area contributed by atoms with E-state index in [2.05, 4.69) is 48.2 Å². The van der Waals surface area contributed by atoms with Gasteiger partial charge in [-0.15, -0.1) is 0 Å². The van der Waals surface area contributed by atoms with Crippen LogP contribution in [0.15, 0.2) is 42.5 Å². The molecule has 2 heteroatoms. The minimum Gasteiger partial charge on any atom is -0.366 e. The normalized spacial score (nSPS) is 14.3. The van der Waals surface area contributed by atoms with E-state index in [1.165, 1.54) is 16.7 Å². The minimum atomic E-state index is 0.782. The van der Waals surface area contributed by atoms with E-state index in [9.17, 15) is 5.26 Å². The molecule has 0 N–H and O–H groups in total. The van der Waals surface area contributed by atoms with E-state index >= 15 is 0 Å². The first kappa shape index (κ1) is 12.7. The van der Waals surface area contributed by atoms with Gasteiger partial charge in [-0.3, -0.25) is 0 Å². The van der Waals surface area contributed by atoms with Crippen molar-refractivity contribution in [1.82, 2.24) is 0 Å². The van der Waals surface area contributed by atoms with Crippen LogP contribution in [0.1, 0.15) is 28.7 Å². The average Bonchev–Trinajstić information content (AvgIpc) is 2.68. The second kappa shape index (κ2) is 5.38. The molecule has 0 atom stereocenters. The van der Waals surface area contributed by atoms with Crippen LogP contribution in [0.4, 0.5) is 5.69 Å². The van der Waals surface area contributed by atoms with Crippen LogP contribution in [0.3, 0.4) is 0 Å². The molecular weight excluding hydrogens is 244 g/mol. The first-order valence-corrected chi connectivity index (χ1v) is 7.11. The fourth-order valence-corrected chi connectivity index (χ4v) is 3.06. The van der Waals surface area contributed by atoms with Gasteiger partial charge in [-0.2, -0.15) is 5.26 Å². The van der Waals surface area contributed by atoms with E-state index in [0.717, 1.165) is 37.2 Å². The lowest BCUT2D eigenvalue weighted by molar-refractivity contribution is 0.762. The molecule has 0 radical (unpaired) electrons. The molecule has 1 aliphatic rings. The topological polar surface area (TPSA) is 27.0 Å². The number of aryl methyl sites for hydroxylation is 2. The molecule has 0 aromatic heterocycles. The second-order valence-corrected chi connectivity index (χ2v) is 5.38. The van der Waals surface area contributed by atoms with Gasteiger partial charge in [0.1, 0.15) is 6.07 Å². The maximum Gasteiger partial charge on any atom is 0.101 e. The van der Waals surface area contributed by atoms with Crippen LogP contribution in [0, 0.1) is 18.3 Å². The van der Waals surface area contributed by atoms with Crippen molar-refractivity contribution in [3.8, 4) is 6.07 Å². The number of hydrogen-bond acceptors (Lipinski definition) is 2. The Morgan fingerprint density at radius 1 is 1.05 bits per heavy atom. The fraction of sp³-hybridized carbons (Fsp3) is 0.278. The summed E-state index contributed by atoms with van der Waals surface area (Å²) in [5, 5.41) is 9.36. The molecule has 0 amide bonds. The monoisotopic (exact) mass is 262 g/mol. The highest BCUT2D eigenvalue weighted by Crippen LogP contribution is 2.29. The zero-order valence-electron chi connectivity index (χ0n) is 11.8. The van der Waals surface area contributed by atoms with Gasteiger partial charge in [0.2, 0.25) is 0 Å². The summed E-state index contributed by atoms with van der Waals surface area (Å²) in [6.45, 7) is 4.00. The van der Waals surface area contributed by atoms with Gasteiger partial charge in [-0.1, -0.05) is 36.4 Å². The van der Waals surface area contributed by atoms with Crippen molar-refractivity contribution in [2.45, 2.75) is 26.3 Å². The Balaban J connectivity index is 2.02. The van der Waals surface area contributed by atoms with Crippen molar-refractivity contribution >= 4 is 5.69 Å². The van der Waals surface area contributed by atoms with E-state index in [0.29, 0.717) is 0 Å². The Kier molecular flexibility index (Phi) is 3.43. The smallest absolute Gasteiger partial charge is 0.101 e. The van der Waals surface area contributed by atoms with Crippen molar-refractivity contribution < 1.29 is 0 Å².